The number of rotatable bonds is 5. The quantitative estimate of drug-likeness (QED) is 0.905. The second-order valence-corrected chi connectivity index (χ2v) is 6.85. The molecule has 0 saturated carbocycles. The predicted octanol–water partition coefficient (Wildman–Crippen LogP) is 2.08. The molecule has 1 N–H and O–H groups in total. The Morgan fingerprint density at radius 3 is 2.50 bits per heavy atom. The van der Waals surface area contributed by atoms with Crippen molar-refractivity contribution in [1.29, 1.82) is 0 Å². The average Bonchev–Trinajstić information content (AvgIpc) is 2.68. The third-order valence-corrected chi connectivity index (χ3v) is 5.11. The maximum absolute atomic E-state index is 13.0. The Morgan fingerprint density at radius 2 is 1.85 bits per heavy atom. The Morgan fingerprint density at radius 1 is 1.15 bits per heavy atom. The summed E-state index contributed by atoms with van der Waals surface area (Å²) in [7, 11) is -3.40. The van der Waals surface area contributed by atoms with Gasteiger partial charge in [-0.15, -0.1) is 0 Å². The van der Waals surface area contributed by atoms with Crippen LogP contribution in [0.15, 0.2) is 24.3 Å². The summed E-state index contributed by atoms with van der Waals surface area (Å²) < 4.78 is 41.4. The zero-order valence-electron chi connectivity index (χ0n) is 11.5. The minimum absolute atomic E-state index is 0.294. The van der Waals surface area contributed by atoms with Crippen molar-refractivity contribution >= 4 is 10.2 Å². The van der Waals surface area contributed by atoms with Gasteiger partial charge in [0.1, 0.15) is 5.82 Å². The molecular weight excluding hydrogens is 279 g/mol. The molecule has 4 nitrogen and oxygen atoms in total. The van der Waals surface area contributed by atoms with Crippen LogP contribution in [0.5, 0.6) is 0 Å². The van der Waals surface area contributed by atoms with E-state index in [-0.39, 0.29) is 5.82 Å². The molecule has 0 bridgehead atoms. The molecule has 2 rings (SSSR count). The lowest BCUT2D eigenvalue weighted by Gasteiger charge is -2.20. The van der Waals surface area contributed by atoms with Gasteiger partial charge in [0.15, 0.2) is 0 Å². The maximum Gasteiger partial charge on any atom is 0.279 e. The van der Waals surface area contributed by atoms with E-state index in [0.717, 1.165) is 31.2 Å². The number of benzene rings is 1. The first kappa shape index (κ1) is 15.4. The van der Waals surface area contributed by atoms with Crippen molar-refractivity contribution in [1.82, 2.24) is 9.03 Å². The van der Waals surface area contributed by atoms with Crippen LogP contribution in [0.4, 0.5) is 4.39 Å². The Bertz CT molecular complexity index is 526. The summed E-state index contributed by atoms with van der Waals surface area (Å²) >= 11 is 0. The molecule has 1 aromatic carbocycles. The second kappa shape index (κ2) is 7.15. The van der Waals surface area contributed by atoms with Crippen molar-refractivity contribution in [2.75, 3.05) is 19.6 Å². The first-order valence-electron chi connectivity index (χ1n) is 7.07. The van der Waals surface area contributed by atoms with Crippen LogP contribution in [-0.4, -0.2) is 32.4 Å². The van der Waals surface area contributed by atoms with Crippen molar-refractivity contribution in [2.24, 2.45) is 0 Å². The fourth-order valence-electron chi connectivity index (χ4n) is 2.39. The third-order valence-electron chi connectivity index (χ3n) is 3.49. The van der Waals surface area contributed by atoms with Crippen LogP contribution in [0.25, 0.3) is 0 Å². The monoisotopic (exact) mass is 300 g/mol. The summed E-state index contributed by atoms with van der Waals surface area (Å²) in [5.41, 5.74) is 0.795. The largest absolute Gasteiger partial charge is 0.279 e. The van der Waals surface area contributed by atoms with E-state index >= 15 is 0 Å². The second-order valence-electron chi connectivity index (χ2n) is 5.09. The smallest absolute Gasteiger partial charge is 0.207 e. The van der Waals surface area contributed by atoms with Crippen molar-refractivity contribution in [3.63, 3.8) is 0 Å². The molecule has 1 heterocycles. The lowest BCUT2D eigenvalue weighted by molar-refractivity contribution is 0.415. The summed E-state index contributed by atoms with van der Waals surface area (Å²) in [6, 6.07) is 6.24. The molecule has 1 aliphatic rings. The minimum Gasteiger partial charge on any atom is -0.207 e. The molecule has 20 heavy (non-hydrogen) atoms. The van der Waals surface area contributed by atoms with Crippen LogP contribution in [0.2, 0.25) is 0 Å². The highest BCUT2D eigenvalue weighted by Gasteiger charge is 2.21. The van der Waals surface area contributed by atoms with Crippen LogP contribution >= 0.6 is 0 Å². The highest BCUT2D eigenvalue weighted by Crippen LogP contribution is 2.12. The molecule has 0 atom stereocenters. The fraction of sp³-hybridized carbons (Fsp3) is 0.571. The number of halogens is 1. The molecule has 112 valence electrons. The molecule has 1 aliphatic heterocycles. The van der Waals surface area contributed by atoms with E-state index in [2.05, 4.69) is 4.72 Å². The van der Waals surface area contributed by atoms with Gasteiger partial charge in [0.25, 0.3) is 10.2 Å². The topological polar surface area (TPSA) is 49.4 Å². The van der Waals surface area contributed by atoms with Gasteiger partial charge >= 0.3 is 0 Å². The van der Waals surface area contributed by atoms with E-state index in [9.17, 15) is 12.8 Å². The average molecular weight is 300 g/mol. The molecular formula is C14H21FN2O2S. The zero-order valence-corrected chi connectivity index (χ0v) is 12.3. The van der Waals surface area contributed by atoms with E-state index in [0.29, 0.717) is 26.1 Å². The van der Waals surface area contributed by atoms with E-state index in [4.69, 9.17) is 0 Å². The molecule has 1 saturated heterocycles. The van der Waals surface area contributed by atoms with Gasteiger partial charge in [-0.1, -0.05) is 25.0 Å². The number of nitrogens with zero attached hydrogens (tertiary/aromatic N) is 1. The highest BCUT2D eigenvalue weighted by atomic mass is 32.2. The number of nitrogens with one attached hydrogen (secondary N) is 1. The zero-order chi connectivity index (χ0) is 14.4. The van der Waals surface area contributed by atoms with Crippen molar-refractivity contribution in [2.45, 2.75) is 32.1 Å². The number of hydrogen-bond donors (Lipinski definition) is 1. The van der Waals surface area contributed by atoms with E-state index in [1.165, 1.54) is 16.4 Å². The van der Waals surface area contributed by atoms with Gasteiger partial charge in [0, 0.05) is 19.6 Å². The molecule has 0 amide bonds. The van der Waals surface area contributed by atoms with E-state index in [1.807, 2.05) is 0 Å². The SMILES string of the molecule is O=S(=O)(NCCc1cccc(F)c1)N1CCCCCC1. The summed E-state index contributed by atoms with van der Waals surface area (Å²) in [6.07, 6.45) is 4.52. The molecule has 1 aromatic rings. The molecule has 0 spiro atoms. The van der Waals surface area contributed by atoms with Crippen molar-refractivity contribution < 1.29 is 12.8 Å². The first-order chi connectivity index (χ1) is 9.58. The molecule has 6 heteroatoms. The molecule has 0 aliphatic carbocycles. The summed E-state index contributed by atoms with van der Waals surface area (Å²) in [4.78, 5) is 0. The van der Waals surface area contributed by atoms with Gasteiger partial charge in [-0.2, -0.15) is 12.7 Å². The summed E-state index contributed by atoms with van der Waals surface area (Å²) in [5, 5.41) is 0. The van der Waals surface area contributed by atoms with Crippen molar-refractivity contribution in [3.8, 4) is 0 Å². The minimum atomic E-state index is -3.40. The van der Waals surface area contributed by atoms with Gasteiger partial charge in [0.2, 0.25) is 0 Å². The highest BCUT2D eigenvalue weighted by molar-refractivity contribution is 7.87. The van der Waals surface area contributed by atoms with Crippen LogP contribution in [0.3, 0.4) is 0 Å². The first-order valence-corrected chi connectivity index (χ1v) is 8.51. The fourth-order valence-corrected chi connectivity index (χ4v) is 3.67. The van der Waals surface area contributed by atoms with Crippen LogP contribution < -0.4 is 4.72 Å². The lowest BCUT2D eigenvalue weighted by Crippen LogP contribution is -2.41. The summed E-state index contributed by atoms with van der Waals surface area (Å²) in [6.45, 7) is 1.48. The van der Waals surface area contributed by atoms with Crippen LogP contribution in [-0.2, 0) is 16.6 Å². The molecule has 0 aromatic heterocycles. The summed E-state index contributed by atoms with van der Waals surface area (Å²) in [5.74, 6) is -0.294. The molecule has 0 unspecified atom stereocenters. The molecule has 0 radical (unpaired) electrons. The lowest BCUT2D eigenvalue weighted by atomic mass is 10.1. The third kappa shape index (κ3) is 4.54. The Hall–Kier alpha value is -0.980. The maximum atomic E-state index is 13.0. The van der Waals surface area contributed by atoms with Gasteiger partial charge in [-0.3, -0.25) is 0 Å². The Labute approximate surface area is 120 Å². The molecule has 1 fully saturated rings. The van der Waals surface area contributed by atoms with E-state index < -0.39 is 10.2 Å². The number of hydrogen-bond acceptors (Lipinski definition) is 2. The predicted molar refractivity (Wildman–Crippen MR) is 77.1 cm³/mol. The Balaban J connectivity index is 1.85. The van der Waals surface area contributed by atoms with E-state index in [1.54, 1.807) is 12.1 Å². The van der Waals surface area contributed by atoms with Gasteiger partial charge in [-0.05, 0) is 37.0 Å². The van der Waals surface area contributed by atoms with Gasteiger partial charge in [0.05, 0.1) is 0 Å². The van der Waals surface area contributed by atoms with Gasteiger partial charge in [-0.25, -0.2) is 9.11 Å². The van der Waals surface area contributed by atoms with Crippen LogP contribution in [0, 0.1) is 5.82 Å². The standard InChI is InChI=1S/C14H21FN2O2S/c15-14-7-5-6-13(12-14)8-9-16-20(18,19)17-10-3-1-2-4-11-17/h5-7,12,16H,1-4,8-11H2. The Kier molecular flexibility index (Phi) is 5.51. The van der Waals surface area contributed by atoms with Gasteiger partial charge < -0.3 is 0 Å². The van der Waals surface area contributed by atoms with Crippen LogP contribution in [0.1, 0.15) is 31.2 Å². The normalized spacial score (nSPS) is 17.9. The van der Waals surface area contributed by atoms with Crippen molar-refractivity contribution in [3.05, 3.63) is 35.6 Å².